The molecule has 1 amide bonds. The summed E-state index contributed by atoms with van der Waals surface area (Å²) in [5.74, 6) is 0.481. The Balaban J connectivity index is 2.17. The van der Waals surface area contributed by atoms with Gasteiger partial charge in [-0.2, -0.15) is 0 Å². The second-order valence-corrected chi connectivity index (χ2v) is 5.69. The first-order valence-electron chi connectivity index (χ1n) is 4.65. The number of nitrogens with one attached hydrogen (secondary N) is 1. The molecule has 0 spiro atoms. The van der Waals surface area contributed by atoms with Crippen LogP contribution in [0.4, 0.5) is 5.82 Å². The first kappa shape index (κ1) is 11.3. The number of hydrogen-bond acceptors (Lipinski definition) is 3. The highest BCUT2D eigenvalue weighted by Gasteiger charge is 2.10. The second-order valence-electron chi connectivity index (χ2n) is 3.23. The molecule has 0 atom stereocenters. The topological polar surface area (TPSA) is 42.0 Å². The predicted molar refractivity (Wildman–Crippen MR) is 68.9 cm³/mol. The number of carbonyl (C=O) groups is 1. The van der Waals surface area contributed by atoms with Crippen LogP contribution in [0, 0.1) is 6.92 Å². The smallest absolute Gasteiger partial charge is 0.266 e. The Hall–Kier alpha value is -1.20. The molecule has 5 heteroatoms. The van der Waals surface area contributed by atoms with Gasteiger partial charge in [-0.15, -0.1) is 11.3 Å². The average Bonchev–Trinajstić information content (AvgIpc) is 2.68. The van der Waals surface area contributed by atoms with Crippen LogP contribution in [0.15, 0.2) is 34.2 Å². The van der Waals surface area contributed by atoms with Crippen molar-refractivity contribution in [2.45, 2.75) is 6.92 Å². The Morgan fingerprint density at radius 3 is 2.88 bits per heavy atom. The van der Waals surface area contributed by atoms with Crippen LogP contribution in [0.2, 0.25) is 0 Å². The van der Waals surface area contributed by atoms with Gasteiger partial charge in [0.15, 0.2) is 0 Å². The molecule has 3 nitrogen and oxygen atoms in total. The number of thiophene rings is 1. The molecule has 16 heavy (non-hydrogen) atoms. The lowest BCUT2D eigenvalue weighted by molar-refractivity contribution is 0.103. The van der Waals surface area contributed by atoms with Crippen LogP contribution in [0.3, 0.4) is 0 Å². The van der Waals surface area contributed by atoms with Crippen LogP contribution in [-0.4, -0.2) is 10.9 Å². The summed E-state index contributed by atoms with van der Waals surface area (Å²) in [6.45, 7) is 1.91. The molecule has 0 saturated heterocycles. The maximum Gasteiger partial charge on any atom is 0.266 e. The van der Waals surface area contributed by atoms with Gasteiger partial charge in [-0.1, -0.05) is 6.07 Å². The van der Waals surface area contributed by atoms with E-state index in [1.165, 1.54) is 11.3 Å². The maximum atomic E-state index is 11.8. The summed E-state index contributed by atoms with van der Waals surface area (Å²) in [4.78, 5) is 16.6. The average molecular weight is 297 g/mol. The molecule has 82 valence electrons. The van der Waals surface area contributed by atoms with E-state index >= 15 is 0 Å². The van der Waals surface area contributed by atoms with Crippen molar-refractivity contribution < 1.29 is 4.79 Å². The number of hydrogen-bond donors (Lipinski definition) is 1. The van der Waals surface area contributed by atoms with E-state index in [0.29, 0.717) is 10.7 Å². The van der Waals surface area contributed by atoms with Gasteiger partial charge < -0.3 is 5.32 Å². The molecule has 0 aliphatic carbocycles. The highest BCUT2D eigenvalue weighted by atomic mass is 79.9. The van der Waals surface area contributed by atoms with Crippen LogP contribution in [-0.2, 0) is 0 Å². The third kappa shape index (κ3) is 2.48. The lowest BCUT2D eigenvalue weighted by atomic mass is 10.3. The van der Waals surface area contributed by atoms with Crippen molar-refractivity contribution in [1.82, 2.24) is 4.98 Å². The number of halogens is 1. The molecule has 2 aromatic heterocycles. The minimum absolute atomic E-state index is 0.127. The number of aryl methyl sites for hydroxylation is 1. The summed E-state index contributed by atoms with van der Waals surface area (Å²) in [7, 11) is 0. The van der Waals surface area contributed by atoms with Crippen molar-refractivity contribution >= 4 is 39.0 Å². The van der Waals surface area contributed by atoms with Crippen LogP contribution in [0.25, 0.3) is 0 Å². The molecule has 0 aliphatic rings. The second kappa shape index (κ2) is 4.76. The standard InChI is InChI=1S/C11H9BrN2OS/c1-7-3-2-6-13-10(7)14-11(15)8-4-5-9(12)16-8/h2-6H,1H3,(H,13,14,15). The summed E-state index contributed by atoms with van der Waals surface area (Å²) in [5, 5.41) is 2.78. The minimum atomic E-state index is -0.127. The molecule has 1 N–H and O–H groups in total. The van der Waals surface area contributed by atoms with E-state index in [1.807, 2.05) is 25.1 Å². The summed E-state index contributed by atoms with van der Waals surface area (Å²) >= 11 is 4.72. The molecule has 0 aromatic carbocycles. The maximum absolute atomic E-state index is 11.8. The zero-order valence-corrected chi connectivity index (χ0v) is 10.9. The minimum Gasteiger partial charge on any atom is -0.306 e. The molecule has 2 rings (SSSR count). The van der Waals surface area contributed by atoms with Crippen LogP contribution in [0.1, 0.15) is 15.2 Å². The third-order valence-electron chi connectivity index (χ3n) is 2.04. The Bertz CT molecular complexity index is 524. The van der Waals surface area contributed by atoms with Gasteiger partial charge in [0.2, 0.25) is 0 Å². The van der Waals surface area contributed by atoms with E-state index in [-0.39, 0.29) is 5.91 Å². The lowest BCUT2D eigenvalue weighted by Crippen LogP contribution is -2.12. The number of aromatic nitrogens is 1. The zero-order valence-electron chi connectivity index (χ0n) is 8.53. The Kier molecular flexibility index (Phi) is 3.36. The zero-order chi connectivity index (χ0) is 11.5. The highest BCUT2D eigenvalue weighted by molar-refractivity contribution is 9.11. The van der Waals surface area contributed by atoms with Crippen LogP contribution >= 0.6 is 27.3 Å². The molecule has 2 aromatic rings. The number of amides is 1. The lowest BCUT2D eigenvalue weighted by Gasteiger charge is -2.04. The molecule has 0 fully saturated rings. The normalized spacial score (nSPS) is 10.1. The van der Waals surface area contributed by atoms with Gasteiger partial charge in [0, 0.05) is 6.20 Å². The molecule has 0 unspecified atom stereocenters. The van der Waals surface area contributed by atoms with E-state index in [0.717, 1.165) is 9.35 Å². The Labute approximate surface area is 106 Å². The summed E-state index contributed by atoms with van der Waals surface area (Å²) in [5.41, 5.74) is 0.950. The largest absolute Gasteiger partial charge is 0.306 e. The van der Waals surface area contributed by atoms with Crippen molar-refractivity contribution in [2.75, 3.05) is 5.32 Å². The first-order chi connectivity index (χ1) is 7.66. The fourth-order valence-electron chi connectivity index (χ4n) is 1.22. The number of carbonyl (C=O) groups excluding carboxylic acids is 1. The van der Waals surface area contributed by atoms with Crippen molar-refractivity contribution in [3.05, 3.63) is 44.7 Å². The van der Waals surface area contributed by atoms with Gasteiger partial charge in [0.1, 0.15) is 5.82 Å². The highest BCUT2D eigenvalue weighted by Crippen LogP contribution is 2.23. The quantitative estimate of drug-likeness (QED) is 0.922. The van der Waals surface area contributed by atoms with E-state index in [4.69, 9.17) is 0 Å². The van der Waals surface area contributed by atoms with Gasteiger partial charge in [-0.3, -0.25) is 4.79 Å². The SMILES string of the molecule is Cc1cccnc1NC(=O)c1ccc(Br)s1. The monoisotopic (exact) mass is 296 g/mol. The first-order valence-corrected chi connectivity index (χ1v) is 6.26. The fraction of sp³-hybridized carbons (Fsp3) is 0.0909. The summed E-state index contributed by atoms with van der Waals surface area (Å²) < 4.78 is 0.940. The number of pyridine rings is 1. The van der Waals surface area contributed by atoms with Gasteiger partial charge in [0.25, 0.3) is 5.91 Å². The molecular weight excluding hydrogens is 288 g/mol. The van der Waals surface area contributed by atoms with E-state index in [9.17, 15) is 4.79 Å². The number of anilines is 1. The van der Waals surface area contributed by atoms with Crippen molar-refractivity contribution in [3.8, 4) is 0 Å². The third-order valence-corrected chi connectivity index (χ3v) is 3.66. The summed E-state index contributed by atoms with van der Waals surface area (Å²) in [6.07, 6.45) is 1.66. The van der Waals surface area contributed by atoms with E-state index in [1.54, 1.807) is 12.3 Å². The van der Waals surface area contributed by atoms with Crippen LogP contribution < -0.4 is 5.32 Å². The van der Waals surface area contributed by atoms with Crippen LogP contribution in [0.5, 0.6) is 0 Å². The Morgan fingerprint density at radius 2 is 2.25 bits per heavy atom. The number of rotatable bonds is 2. The van der Waals surface area contributed by atoms with E-state index in [2.05, 4.69) is 26.2 Å². The van der Waals surface area contributed by atoms with Gasteiger partial charge in [-0.05, 0) is 46.6 Å². The summed E-state index contributed by atoms with van der Waals surface area (Å²) in [6, 6.07) is 7.38. The molecule has 0 radical (unpaired) electrons. The molecule has 2 heterocycles. The number of nitrogens with zero attached hydrogens (tertiary/aromatic N) is 1. The van der Waals surface area contributed by atoms with Crippen molar-refractivity contribution in [1.29, 1.82) is 0 Å². The van der Waals surface area contributed by atoms with Gasteiger partial charge in [-0.25, -0.2) is 4.98 Å². The van der Waals surface area contributed by atoms with Gasteiger partial charge >= 0.3 is 0 Å². The molecule has 0 bridgehead atoms. The van der Waals surface area contributed by atoms with E-state index < -0.39 is 0 Å². The predicted octanol–water partition coefficient (Wildman–Crippen LogP) is 3.47. The molecule has 0 saturated carbocycles. The van der Waals surface area contributed by atoms with Gasteiger partial charge in [0.05, 0.1) is 8.66 Å². The van der Waals surface area contributed by atoms with Crippen molar-refractivity contribution in [3.63, 3.8) is 0 Å². The Morgan fingerprint density at radius 1 is 1.44 bits per heavy atom. The van der Waals surface area contributed by atoms with Crippen molar-refractivity contribution in [2.24, 2.45) is 0 Å². The molecular formula is C11H9BrN2OS. The molecule has 0 aliphatic heterocycles. The fourth-order valence-corrected chi connectivity index (χ4v) is 2.50.